The summed E-state index contributed by atoms with van der Waals surface area (Å²) < 4.78 is 11.5. The second kappa shape index (κ2) is 13.2. The Balaban J connectivity index is 1.34. The van der Waals surface area contributed by atoms with Crippen LogP contribution in [0.2, 0.25) is 0 Å². The molecule has 0 saturated heterocycles. The van der Waals surface area contributed by atoms with Crippen molar-refractivity contribution in [2.75, 3.05) is 18.5 Å². The quantitative estimate of drug-likeness (QED) is 0.122. The van der Waals surface area contributed by atoms with Crippen LogP contribution in [0.15, 0.2) is 83.3 Å². The van der Waals surface area contributed by atoms with E-state index in [0.717, 1.165) is 40.5 Å². The van der Waals surface area contributed by atoms with Gasteiger partial charge in [-0.15, -0.1) is 11.3 Å². The van der Waals surface area contributed by atoms with E-state index in [-0.39, 0.29) is 5.91 Å². The van der Waals surface area contributed by atoms with Gasteiger partial charge in [-0.1, -0.05) is 43.7 Å². The minimum absolute atomic E-state index is 0.294. The lowest BCUT2D eigenvalue weighted by Gasteiger charge is -2.12. The number of unbranched alkanes of at least 4 members (excludes halogenated alkanes) is 1. The Morgan fingerprint density at radius 3 is 2.57 bits per heavy atom. The number of hydrogen-bond acceptors (Lipinski definition) is 7. The predicted octanol–water partition coefficient (Wildman–Crippen LogP) is 6.90. The topological polar surface area (TPSA) is 84.8 Å². The van der Waals surface area contributed by atoms with Gasteiger partial charge >= 0.3 is 0 Å². The number of rotatable bonds is 12. The van der Waals surface area contributed by atoms with Crippen LogP contribution < -0.4 is 20.2 Å². The summed E-state index contributed by atoms with van der Waals surface area (Å²) in [7, 11) is 0. The summed E-state index contributed by atoms with van der Waals surface area (Å²) in [5.74, 6) is 1.07. The second-order valence-corrected chi connectivity index (χ2v) is 9.00. The number of anilines is 2. The zero-order valence-corrected chi connectivity index (χ0v) is 21.8. The fraction of sp³-hybridized carbons (Fsp3) is 0.207. The molecule has 0 unspecified atom stereocenters. The normalized spacial score (nSPS) is 10.9. The molecule has 1 heterocycles. The van der Waals surface area contributed by atoms with Crippen LogP contribution in [-0.4, -0.2) is 30.3 Å². The number of ether oxygens (including phenoxy) is 2. The minimum Gasteiger partial charge on any atom is -0.490 e. The molecule has 0 aliphatic carbocycles. The molecular weight excluding hydrogens is 484 g/mol. The van der Waals surface area contributed by atoms with E-state index >= 15 is 0 Å². The van der Waals surface area contributed by atoms with Crippen molar-refractivity contribution >= 4 is 34.3 Å². The number of hydrogen-bond donors (Lipinski definition) is 2. The van der Waals surface area contributed by atoms with Gasteiger partial charge in [-0.25, -0.2) is 10.4 Å². The van der Waals surface area contributed by atoms with Crippen LogP contribution in [0, 0.1) is 0 Å². The first-order chi connectivity index (χ1) is 18.2. The highest BCUT2D eigenvalue weighted by atomic mass is 32.1. The number of nitrogens with zero attached hydrogens (tertiary/aromatic N) is 2. The van der Waals surface area contributed by atoms with Gasteiger partial charge in [0.15, 0.2) is 16.6 Å². The van der Waals surface area contributed by atoms with Gasteiger partial charge in [0, 0.05) is 22.2 Å². The predicted molar refractivity (Wildman–Crippen MR) is 150 cm³/mol. The summed E-state index contributed by atoms with van der Waals surface area (Å²) in [6.07, 6.45) is 3.63. The molecule has 4 rings (SSSR count). The number of carbonyl (C=O) groups is 1. The summed E-state index contributed by atoms with van der Waals surface area (Å²) in [4.78, 5) is 17.2. The van der Waals surface area contributed by atoms with Crippen LogP contribution >= 0.6 is 11.3 Å². The van der Waals surface area contributed by atoms with E-state index in [1.165, 1.54) is 11.3 Å². The van der Waals surface area contributed by atoms with Crippen LogP contribution in [0.25, 0.3) is 11.3 Å². The molecule has 7 nitrogen and oxygen atoms in total. The average Bonchev–Trinajstić information content (AvgIpc) is 3.39. The highest BCUT2D eigenvalue weighted by Crippen LogP contribution is 2.29. The third-order valence-electron chi connectivity index (χ3n) is 5.37. The molecule has 4 aromatic rings. The van der Waals surface area contributed by atoms with Crippen molar-refractivity contribution in [2.45, 2.75) is 26.7 Å². The summed E-state index contributed by atoms with van der Waals surface area (Å²) in [6.45, 7) is 5.23. The molecule has 1 aromatic heterocycles. The molecule has 0 atom stereocenters. The third kappa shape index (κ3) is 7.41. The third-order valence-corrected chi connectivity index (χ3v) is 6.13. The van der Waals surface area contributed by atoms with Crippen molar-refractivity contribution in [3.8, 4) is 22.8 Å². The molecule has 37 heavy (non-hydrogen) atoms. The molecule has 190 valence electrons. The van der Waals surface area contributed by atoms with Gasteiger partial charge in [0.25, 0.3) is 5.91 Å². The number of hydrazone groups is 1. The van der Waals surface area contributed by atoms with E-state index in [0.29, 0.717) is 30.3 Å². The number of thiazole rings is 1. The van der Waals surface area contributed by atoms with Crippen LogP contribution in [-0.2, 0) is 0 Å². The van der Waals surface area contributed by atoms with Crippen LogP contribution in [0.5, 0.6) is 11.5 Å². The maximum absolute atomic E-state index is 12.6. The molecule has 2 N–H and O–H groups in total. The fourth-order valence-electron chi connectivity index (χ4n) is 3.45. The molecule has 0 fully saturated rings. The van der Waals surface area contributed by atoms with Gasteiger partial charge < -0.3 is 14.8 Å². The molecule has 8 heteroatoms. The lowest BCUT2D eigenvalue weighted by Crippen LogP contribution is -2.17. The highest BCUT2D eigenvalue weighted by molar-refractivity contribution is 7.14. The van der Waals surface area contributed by atoms with Crippen molar-refractivity contribution < 1.29 is 14.3 Å². The Morgan fingerprint density at radius 1 is 1.00 bits per heavy atom. The molecule has 0 radical (unpaired) electrons. The minimum atomic E-state index is -0.294. The average molecular weight is 515 g/mol. The van der Waals surface area contributed by atoms with Crippen molar-refractivity contribution in [1.82, 2.24) is 10.4 Å². The second-order valence-electron chi connectivity index (χ2n) is 8.15. The molecule has 0 saturated carbocycles. The van der Waals surface area contributed by atoms with Gasteiger partial charge in [-0.05, 0) is 61.4 Å². The van der Waals surface area contributed by atoms with E-state index < -0.39 is 0 Å². The standard InChI is InChI=1S/C29H30N4O3S/c1-3-5-17-36-26-16-11-21(18-27(26)35-4-2)19-30-33-28(34)23-14-12-22(13-15-23)25-20-37-29(32-25)31-24-9-7-6-8-10-24/h6-16,18-20H,3-5,17H2,1-2H3,(H,31,32)(H,33,34)/b30-19+. The maximum atomic E-state index is 12.6. The molecule has 0 aliphatic rings. The van der Waals surface area contributed by atoms with Gasteiger partial charge in [0.2, 0.25) is 0 Å². The first-order valence-corrected chi connectivity index (χ1v) is 13.1. The summed E-state index contributed by atoms with van der Waals surface area (Å²) >= 11 is 1.53. The van der Waals surface area contributed by atoms with Gasteiger partial charge in [0.1, 0.15) is 0 Å². The SMILES string of the molecule is CCCCOc1ccc(/C=N/NC(=O)c2ccc(-c3csc(Nc4ccccc4)n3)cc2)cc1OCC. The highest BCUT2D eigenvalue weighted by Gasteiger charge is 2.09. The van der Waals surface area contributed by atoms with E-state index in [1.54, 1.807) is 18.3 Å². The Morgan fingerprint density at radius 2 is 1.81 bits per heavy atom. The molecule has 0 spiro atoms. The molecular formula is C29H30N4O3S. The maximum Gasteiger partial charge on any atom is 0.271 e. The van der Waals surface area contributed by atoms with Gasteiger partial charge in [-0.2, -0.15) is 5.10 Å². The Labute approximate surface area is 221 Å². The van der Waals surface area contributed by atoms with Crippen molar-refractivity contribution in [3.63, 3.8) is 0 Å². The van der Waals surface area contributed by atoms with Gasteiger partial charge in [-0.3, -0.25) is 4.79 Å². The van der Waals surface area contributed by atoms with Gasteiger partial charge in [0.05, 0.1) is 25.1 Å². The molecule has 0 bridgehead atoms. The first-order valence-electron chi connectivity index (χ1n) is 12.3. The Kier molecular flexibility index (Phi) is 9.26. The zero-order chi connectivity index (χ0) is 25.9. The van der Waals surface area contributed by atoms with E-state index in [1.807, 2.05) is 73.0 Å². The number of amides is 1. The lowest BCUT2D eigenvalue weighted by molar-refractivity contribution is 0.0955. The van der Waals surface area contributed by atoms with E-state index in [4.69, 9.17) is 9.47 Å². The van der Waals surface area contributed by atoms with Crippen LogP contribution in [0.3, 0.4) is 0 Å². The fourth-order valence-corrected chi connectivity index (χ4v) is 4.19. The van der Waals surface area contributed by atoms with E-state index in [9.17, 15) is 4.79 Å². The van der Waals surface area contributed by atoms with Crippen molar-refractivity contribution in [2.24, 2.45) is 5.10 Å². The number of para-hydroxylation sites is 1. The zero-order valence-electron chi connectivity index (χ0n) is 20.9. The number of nitrogens with one attached hydrogen (secondary N) is 2. The van der Waals surface area contributed by atoms with Crippen LogP contribution in [0.4, 0.5) is 10.8 Å². The smallest absolute Gasteiger partial charge is 0.271 e. The van der Waals surface area contributed by atoms with Crippen molar-refractivity contribution in [1.29, 1.82) is 0 Å². The van der Waals surface area contributed by atoms with Crippen molar-refractivity contribution in [3.05, 3.63) is 89.3 Å². The first kappa shape index (κ1) is 25.9. The number of carbonyl (C=O) groups excluding carboxylic acids is 1. The molecule has 3 aromatic carbocycles. The Bertz CT molecular complexity index is 1320. The Hall–Kier alpha value is -4.17. The number of aromatic nitrogens is 1. The lowest BCUT2D eigenvalue weighted by atomic mass is 10.1. The molecule has 0 aliphatic heterocycles. The number of benzene rings is 3. The van der Waals surface area contributed by atoms with E-state index in [2.05, 4.69) is 27.8 Å². The monoisotopic (exact) mass is 514 g/mol. The summed E-state index contributed by atoms with van der Waals surface area (Å²) in [5, 5.41) is 10.2. The van der Waals surface area contributed by atoms with Crippen LogP contribution in [0.1, 0.15) is 42.6 Å². The summed E-state index contributed by atoms with van der Waals surface area (Å²) in [6, 6.07) is 22.8. The largest absolute Gasteiger partial charge is 0.490 e. The summed E-state index contributed by atoms with van der Waals surface area (Å²) in [5.41, 5.74) is 6.65. The molecule has 1 amide bonds.